The smallest absolute Gasteiger partial charge is 0.264 e. The summed E-state index contributed by atoms with van der Waals surface area (Å²) in [6, 6.07) is 0. The van der Waals surface area contributed by atoms with Crippen LogP contribution in [0.2, 0.25) is 0 Å². The molecule has 0 spiro atoms. The van der Waals surface area contributed by atoms with Gasteiger partial charge in [0, 0.05) is 0 Å². The molecule has 0 aromatic carbocycles. The van der Waals surface area contributed by atoms with Gasteiger partial charge in [-0.1, -0.05) is 14.9 Å². The predicted octanol–water partition coefficient (Wildman–Crippen LogP) is -0.686. The Bertz CT molecular complexity index is 341. The topological polar surface area (TPSA) is 224 Å². The van der Waals surface area contributed by atoms with Crippen LogP contribution in [0.5, 0.6) is 0 Å². The zero-order valence-electron chi connectivity index (χ0n) is 6.36. The molecule has 12 nitrogen and oxygen atoms in total. The van der Waals surface area contributed by atoms with Gasteiger partial charge >= 0.3 is 31.2 Å². The summed E-state index contributed by atoms with van der Waals surface area (Å²) in [5.41, 5.74) is 0. The molecule has 17 heavy (non-hydrogen) atoms. The van der Waals surface area contributed by atoms with Gasteiger partial charge in [0.25, 0.3) is 0 Å². The van der Waals surface area contributed by atoms with Gasteiger partial charge in [0.2, 0.25) is 0 Å². The third kappa shape index (κ3) is 19000. The summed E-state index contributed by atoms with van der Waals surface area (Å²) in [6.07, 6.45) is 0. The van der Waals surface area contributed by atoms with Crippen molar-refractivity contribution in [1.82, 2.24) is 0 Å². The first kappa shape index (κ1) is 30.0. The van der Waals surface area contributed by atoms with E-state index >= 15 is 0 Å². The van der Waals surface area contributed by atoms with Gasteiger partial charge in [-0.05, 0) is 0 Å². The molecule has 0 saturated heterocycles. The fourth-order valence-corrected chi connectivity index (χ4v) is 0. The van der Waals surface area contributed by atoms with Crippen LogP contribution < -0.4 is 0 Å². The molecule has 0 aliphatic heterocycles. The molecular weight excluding hydrogens is 312 g/mol. The van der Waals surface area contributed by atoms with Crippen LogP contribution in [0.25, 0.3) is 0 Å². The fraction of sp³-hybridized carbons (Fsp3) is 1.00. The summed E-state index contributed by atoms with van der Waals surface area (Å²) < 4.78 is 94.8. The van der Waals surface area contributed by atoms with Crippen molar-refractivity contribution in [2.45, 2.75) is 14.9 Å². The lowest BCUT2D eigenvalue weighted by molar-refractivity contribution is 0.378. The molecule has 15 heteroatoms. The molecule has 0 rings (SSSR count). The second-order valence-corrected chi connectivity index (χ2v) is 4.03. The Balaban J connectivity index is -0.0000000400. The Morgan fingerprint density at radius 3 is 0.412 bits per heavy atom. The Morgan fingerprint density at radius 2 is 0.412 bits per heavy atom. The summed E-state index contributed by atoms with van der Waals surface area (Å²) in [4.78, 5) is 0. The average molecular weight is 326 g/mol. The van der Waals surface area contributed by atoms with Crippen molar-refractivity contribution in [2.75, 3.05) is 0 Å². The van der Waals surface area contributed by atoms with Crippen LogP contribution in [0.15, 0.2) is 0 Å². The summed E-state index contributed by atoms with van der Waals surface area (Å²) in [5.74, 6) is 0. The van der Waals surface area contributed by atoms with Gasteiger partial charge in [-0.2, -0.15) is 25.3 Å². The Morgan fingerprint density at radius 1 is 0.412 bits per heavy atom. The SMILES string of the molecule is C.C.O=S(=O)(O)O.O=S(=O)(O)O.O=S(=O)(O)O. The lowest BCUT2D eigenvalue weighted by Gasteiger charge is -1.68. The quantitative estimate of drug-likeness (QED) is 0.304. The van der Waals surface area contributed by atoms with Crippen molar-refractivity contribution in [1.29, 1.82) is 0 Å². The maximum absolute atomic E-state index is 8.74. The highest BCUT2D eigenvalue weighted by atomic mass is 32.3. The van der Waals surface area contributed by atoms with Crippen LogP contribution in [0, 0.1) is 0 Å². The number of hydrogen-bond donors (Lipinski definition) is 6. The van der Waals surface area contributed by atoms with Crippen molar-refractivity contribution in [3.05, 3.63) is 0 Å². The molecule has 0 amide bonds. The van der Waals surface area contributed by atoms with Crippen molar-refractivity contribution >= 4 is 31.2 Å². The molecule has 0 bridgehead atoms. The van der Waals surface area contributed by atoms with Crippen molar-refractivity contribution < 1.29 is 52.6 Å². The highest BCUT2D eigenvalue weighted by Crippen LogP contribution is 1.60. The van der Waals surface area contributed by atoms with Gasteiger partial charge in [0.05, 0.1) is 0 Å². The molecule has 0 fully saturated rings. The van der Waals surface area contributed by atoms with Crippen LogP contribution in [0.4, 0.5) is 0 Å². The van der Waals surface area contributed by atoms with E-state index in [9.17, 15) is 0 Å². The monoisotopic (exact) mass is 326 g/mol. The van der Waals surface area contributed by atoms with E-state index in [4.69, 9.17) is 52.6 Å². The minimum absolute atomic E-state index is 0. The summed E-state index contributed by atoms with van der Waals surface area (Å²) in [7, 11) is -14.0. The van der Waals surface area contributed by atoms with Crippen LogP contribution >= 0.6 is 0 Å². The summed E-state index contributed by atoms with van der Waals surface area (Å²) in [5, 5.41) is 0. The van der Waals surface area contributed by atoms with E-state index in [0.29, 0.717) is 0 Å². The molecule has 112 valence electrons. The van der Waals surface area contributed by atoms with E-state index in [1.165, 1.54) is 0 Å². The molecule has 0 aromatic heterocycles. The molecule has 6 N–H and O–H groups in total. The first-order valence-electron chi connectivity index (χ1n) is 2.10. The van der Waals surface area contributed by atoms with Gasteiger partial charge in [-0.25, -0.2) is 0 Å². The molecule has 0 aliphatic carbocycles. The third-order valence-corrected chi connectivity index (χ3v) is 0. The van der Waals surface area contributed by atoms with Gasteiger partial charge in [-0.3, -0.25) is 27.3 Å². The zero-order chi connectivity index (χ0) is 13.5. The second kappa shape index (κ2) is 10.7. The maximum Gasteiger partial charge on any atom is 0.394 e. The summed E-state index contributed by atoms with van der Waals surface area (Å²) in [6.45, 7) is 0. The van der Waals surface area contributed by atoms with Gasteiger partial charge < -0.3 is 0 Å². The normalized spacial score (nSPS) is 10.2. The second-order valence-electron chi connectivity index (χ2n) is 1.34. The van der Waals surface area contributed by atoms with Crippen molar-refractivity contribution in [3.63, 3.8) is 0 Å². The molecule has 0 atom stereocenters. The van der Waals surface area contributed by atoms with E-state index < -0.39 is 31.2 Å². The molecular formula is C2H14O12S3. The lowest BCUT2D eigenvalue weighted by Crippen LogP contribution is -1.89. The van der Waals surface area contributed by atoms with Crippen LogP contribution in [0.3, 0.4) is 0 Å². The fourth-order valence-electron chi connectivity index (χ4n) is 0. The molecule has 0 saturated carbocycles. The van der Waals surface area contributed by atoms with E-state index in [-0.39, 0.29) is 14.9 Å². The molecule has 0 unspecified atom stereocenters. The molecule has 0 aromatic rings. The van der Waals surface area contributed by atoms with Gasteiger partial charge in [0.1, 0.15) is 0 Å². The Hall–Kier alpha value is -0.390. The zero-order valence-corrected chi connectivity index (χ0v) is 8.81. The average Bonchev–Trinajstić information content (AvgIpc) is 1.41. The van der Waals surface area contributed by atoms with Crippen molar-refractivity contribution in [2.24, 2.45) is 0 Å². The van der Waals surface area contributed by atoms with Gasteiger partial charge in [0.15, 0.2) is 0 Å². The van der Waals surface area contributed by atoms with Crippen LogP contribution in [-0.4, -0.2) is 52.6 Å². The first-order chi connectivity index (χ1) is 6.00. The van der Waals surface area contributed by atoms with E-state index in [0.717, 1.165) is 0 Å². The van der Waals surface area contributed by atoms with E-state index in [1.807, 2.05) is 0 Å². The van der Waals surface area contributed by atoms with Crippen LogP contribution in [0.1, 0.15) is 14.9 Å². The molecule has 0 aliphatic rings. The molecule has 0 heterocycles. The Kier molecular flexibility index (Phi) is 19.0. The Labute approximate surface area is 99.0 Å². The van der Waals surface area contributed by atoms with Crippen LogP contribution in [-0.2, 0) is 31.2 Å². The lowest BCUT2D eigenvalue weighted by atomic mass is 12.0. The number of hydrogen-bond acceptors (Lipinski definition) is 6. The van der Waals surface area contributed by atoms with Gasteiger partial charge in [-0.15, -0.1) is 0 Å². The maximum atomic E-state index is 8.74. The highest BCUT2D eigenvalue weighted by Gasteiger charge is 1.85. The first-order valence-corrected chi connectivity index (χ1v) is 6.29. The predicted molar refractivity (Wildman–Crippen MR) is 56.0 cm³/mol. The largest absolute Gasteiger partial charge is 0.394 e. The van der Waals surface area contributed by atoms with Crippen molar-refractivity contribution in [3.8, 4) is 0 Å². The van der Waals surface area contributed by atoms with E-state index in [1.54, 1.807) is 0 Å². The molecule has 0 radical (unpaired) electrons. The third-order valence-electron chi connectivity index (χ3n) is 0. The van der Waals surface area contributed by atoms with E-state index in [2.05, 4.69) is 0 Å². The standard InChI is InChI=1S/2CH4.3H2O4S/c;;3*1-5(2,3)4/h2*1H4;3*(H2,1,2,3,4). The minimum Gasteiger partial charge on any atom is -0.264 e. The number of rotatable bonds is 0. The summed E-state index contributed by atoms with van der Waals surface area (Å²) >= 11 is 0. The minimum atomic E-state index is -4.67. The highest BCUT2D eigenvalue weighted by molar-refractivity contribution is 7.80.